The number of thiocarbonyl (C=S) groups is 1. The number of nitrogens with one attached hydrogen (secondary N) is 2. The molecule has 2 N–H and O–H groups in total. The van der Waals surface area contributed by atoms with E-state index in [-0.39, 0.29) is 21.7 Å². The van der Waals surface area contributed by atoms with Gasteiger partial charge in [-0.1, -0.05) is 16.8 Å². The Kier molecular flexibility index (Phi) is 4.83. The molecule has 134 valence electrons. The predicted molar refractivity (Wildman–Crippen MR) is 96.4 cm³/mol. The Morgan fingerprint density at radius 3 is 3.00 bits per heavy atom. The molecule has 1 aliphatic carbocycles. The summed E-state index contributed by atoms with van der Waals surface area (Å²) in [5.41, 5.74) is 0.0684. The van der Waals surface area contributed by atoms with Crippen molar-refractivity contribution in [1.82, 2.24) is 5.32 Å². The highest BCUT2D eigenvalue weighted by atomic mass is 35.5. The minimum absolute atomic E-state index is 0.162. The predicted octanol–water partition coefficient (Wildman–Crippen LogP) is 2.84. The minimum atomic E-state index is -1.12. The number of halogens is 2. The topological polar surface area (TPSA) is 72.0 Å². The van der Waals surface area contributed by atoms with E-state index in [1.54, 1.807) is 7.05 Å². The Morgan fingerprint density at radius 1 is 1.56 bits per heavy atom. The molecule has 0 bridgehead atoms. The number of carbonyl (C=O) groups excluding carboxylic acids is 1. The molecule has 0 spiro atoms. The molecule has 0 amide bonds. The number of ether oxygens (including phenoxy) is 1. The number of rotatable bonds is 3. The van der Waals surface area contributed by atoms with Gasteiger partial charge in [-0.15, -0.1) is 0 Å². The number of methoxy groups -OCH3 is 1. The first-order valence-corrected chi connectivity index (χ1v) is 8.54. The number of hydrogen-bond acceptors (Lipinski definition) is 5. The first-order valence-electron chi connectivity index (χ1n) is 7.75. The highest BCUT2D eigenvalue weighted by Gasteiger charge is 2.59. The van der Waals surface area contributed by atoms with E-state index >= 15 is 0 Å². The molecule has 1 saturated carbocycles. The van der Waals surface area contributed by atoms with E-state index < -0.39 is 17.4 Å². The van der Waals surface area contributed by atoms with E-state index in [1.165, 1.54) is 19.2 Å². The molecule has 2 aliphatic rings. The second-order valence-corrected chi connectivity index (χ2v) is 6.73. The maximum atomic E-state index is 14.2. The highest BCUT2D eigenvalue weighted by molar-refractivity contribution is 7.80. The third-order valence-corrected chi connectivity index (χ3v) is 5.20. The number of fused-ring (bicyclic) bond motifs is 1. The van der Waals surface area contributed by atoms with Crippen molar-refractivity contribution in [2.45, 2.75) is 24.9 Å². The molecular formula is C16H17ClFN3O3S. The molecule has 1 aromatic rings. The van der Waals surface area contributed by atoms with Crippen LogP contribution in [-0.2, 0) is 14.4 Å². The average molecular weight is 386 g/mol. The Balaban J connectivity index is 1.98. The largest absolute Gasteiger partial charge is 0.466 e. The molecule has 2 unspecified atom stereocenters. The number of hydrogen-bond donors (Lipinski definition) is 2. The molecule has 3 rings (SSSR count). The lowest BCUT2D eigenvalue weighted by Crippen LogP contribution is -2.43. The zero-order valence-electron chi connectivity index (χ0n) is 13.7. The van der Waals surface area contributed by atoms with E-state index in [2.05, 4.69) is 15.8 Å². The van der Waals surface area contributed by atoms with Crippen LogP contribution in [0.2, 0.25) is 5.02 Å². The minimum Gasteiger partial charge on any atom is -0.466 e. The van der Waals surface area contributed by atoms with E-state index in [9.17, 15) is 9.18 Å². The molecule has 1 aliphatic heterocycles. The van der Waals surface area contributed by atoms with Crippen molar-refractivity contribution in [3.05, 3.63) is 28.5 Å². The smallest absolute Gasteiger partial charge is 0.353 e. The maximum Gasteiger partial charge on any atom is 0.353 e. The normalized spacial score (nSPS) is 24.2. The van der Waals surface area contributed by atoms with Crippen LogP contribution in [0.5, 0.6) is 0 Å². The van der Waals surface area contributed by atoms with E-state index in [4.69, 9.17) is 33.4 Å². The van der Waals surface area contributed by atoms with Crippen LogP contribution in [0.15, 0.2) is 17.3 Å². The van der Waals surface area contributed by atoms with E-state index in [1.807, 2.05) is 0 Å². The molecule has 25 heavy (non-hydrogen) atoms. The second-order valence-electron chi connectivity index (χ2n) is 5.91. The number of oxime groups is 1. The van der Waals surface area contributed by atoms with Crippen molar-refractivity contribution in [2.24, 2.45) is 11.1 Å². The molecule has 1 aromatic carbocycles. The van der Waals surface area contributed by atoms with Gasteiger partial charge >= 0.3 is 5.97 Å². The van der Waals surface area contributed by atoms with Crippen molar-refractivity contribution in [1.29, 1.82) is 0 Å². The summed E-state index contributed by atoms with van der Waals surface area (Å²) >= 11 is 11.2. The fourth-order valence-corrected chi connectivity index (χ4v) is 3.71. The fourth-order valence-electron chi connectivity index (χ4n) is 3.35. The van der Waals surface area contributed by atoms with Crippen LogP contribution in [0.3, 0.4) is 0 Å². The van der Waals surface area contributed by atoms with E-state index in [0.717, 1.165) is 6.42 Å². The molecule has 0 radical (unpaired) electrons. The van der Waals surface area contributed by atoms with Crippen LogP contribution in [0.4, 0.5) is 10.1 Å². The first kappa shape index (κ1) is 17.9. The summed E-state index contributed by atoms with van der Waals surface area (Å²) in [7, 11) is 2.95. The molecule has 9 heteroatoms. The van der Waals surface area contributed by atoms with Crippen molar-refractivity contribution in [3.63, 3.8) is 0 Å². The van der Waals surface area contributed by atoms with E-state index in [0.29, 0.717) is 24.1 Å². The van der Waals surface area contributed by atoms with Gasteiger partial charge in [-0.3, -0.25) is 0 Å². The zero-order valence-corrected chi connectivity index (χ0v) is 15.3. The molecule has 1 heterocycles. The lowest BCUT2D eigenvalue weighted by Gasteiger charge is -2.23. The summed E-state index contributed by atoms with van der Waals surface area (Å²) in [6.45, 7) is 0. The van der Waals surface area contributed by atoms with Gasteiger partial charge < -0.3 is 20.2 Å². The van der Waals surface area contributed by atoms with Gasteiger partial charge in [0.15, 0.2) is 5.11 Å². The Labute approximate surface area is 154 Å². The summed E-state index contributed by atoms with van der Waals surface area (Å²) in [5.74, 6) is -1.29. The number of carbonyl (C=O) groups is 1. The van der Waals surface area contributed by atoms with Gasteiger partial charge in [0.25, 0.3) is 0 Å². The summed E-state index contributed by atoms with van der Waals surface area (Å²) < 4.78 is 19.1. The molecule has 2 atom stereocenters. The molecular weight excluding hydrogens is 369 g/mol. The van der Waals surface area contributed by atoms with Gasteiger partial charge in [0.2, 0.25) is 5.60 Å². The number of esters is 1. The molecule has 0 saturated heterocycles. The van der Waals surface area contributed by atoms with Gasteiger partial charge in [0.1, 0.15) is 5.82 Å². The Morgan fingerprint density at radius 2 is 2.32 bits per heavy atom. The van der Waals surface area contributed by atoms with Crippen LogP contribution in [0.25, 0.3) is 0 Å². The zero-order chi connectivity index (χ0) is 18.2. The van der Waals surface area contributed by atoms with Gasteiger partial charge in [-0.05, 0) is 37.2 Å². The fraction of sp³-hybridized carbons (Fsp3) is 0.438. The highest BCUT2D eigenvalue weighted by Crippen LogP contribution is 2.47. The molecule has 0 aromatic heterocycles. The third-order valence-electron chi connectivity index (χ3n) is 4.58. The van der Waals surface area contributed by atoms with Gasteiger partial charge in [-0.25, -0.2) is 9.18 Å². The number of benzene rings is 1. The van der Waals surface area contributed by atoms with Crippen LogP contribution >= 0.6 is 23.8 Å². The van der Waals surface area contributed by atoms with Crippen LogP contribution in [0.1, 0.15) is 24.8 Å². The summed E-state index contributed by atoms with van der Waals surface area (Å²) in [5, 5.41) is 10.0. The Hall–Kier alpha value is -1.93. The lowest BCUT2D eigenvalue weighted by atomic mass is 9.84. The molecule has 6 nitrogen and oxygen atoms in total. The SMILES string of the molecule is CNC(=S)Nc1cc(C2=NOC3(C(=O)OC)CCCC23)c(Cl)cc1F. The molecule has 1 fully saturated rings. The quantitative estimate of drug-likeness (QED) is 0.615. The summed E-state index contributed by atoms with van der Waals surface area (Å²) in [6.07, 6.45) is 2.02. The van der Waals surface area contributed by atoms with Gasteiger partial charge in [-0.2, -0.15) is 0 Å². The van der Waals surface area contributed by atoms with Crippen molar-refractivity contribution < 1.29 is 18.8 Å². The summed E-state index contributed by atoms with van der Waals surface area (Å²) in [6, 6.07) is 2.71. The number of anilines is 1. The third kappa shape index (κ3) is 2.93. The Bertz CT molecular complexity index is 773. The van der Waals surface area contributed by atoms with Crippen LogP contribution in [-0.4, -0.2) is 36.6 Å². The maximum absolute atomic E-state index is 14.2. The summed E-state index contributed by atoms with van der Waals surface area (Å²) in [4.78, 5) is 17.7. The van der Waals surface area contributed by atoms with Crippen LogP contribution in [0, 0.1) is 11.7 Å². The van der Waals surface area contributed by atoms with Crippen molar-refractivity contribution in [3.8, 4) is 0 Å². The van der Waals surface area contributed by atoms with Crippen LogP contribution < -0.4 is 10.6 Å². The lowest BCUT2D eigenvalue weighted by molar-refractivity contribution is -0.168. The number of nitrogens with zero attached hydrogens (tertiary/aromatic N) is 1. The average Bonchev–Trinajstić information content (AvgIpc) is 3.16. The second kappa shape index (κ2) is 6.76. The van der Waals surface area contributed by atoms with Crippen molar-refractivity contribution >= 4 is 46.3 Å². The van der Waals surface area contributed by atoms with Gasteiger partial charge in [0, 0.05) is 19.0 Å². The van der Waals surface area contributed by atoms with Crippen molar-refractivity contribution in [2.75, 3.05) is 19.5 Å². The monoisotopic (exact) mass is 385 g/mol. The van der Waals surface area contributed by atoms with Gasteiger partial charge in [0.05, 0.1) is 29.4 Å². The standard InChI is InChI=1S/C16H17ClFN3O3S/c1-19-15(25)20-12-6-8(10(17)7-11(12)18)13-9-4-3-5-16(9,24-21-13)14(22)23-2/h6-7,9H,3-5H2,1-2H3,(H2,19,20,25). The first-order chi connectivity index (χ1) is 11.9.